The fourth-order valence-electron chi connectivity index (χ4n) is 1.40. The van der Waals surface area contributed by atoms with Crippen LogP contribution in [0.15, 0.2) is 28.8 Å². The number of ether oxygens (including phenoxy) is 1. The Labute approximate surface area is 114 Å². The third-order valence-corrected chi connectivity index (χ3v) is 2.55. The lowest BCUT2D eigenvalue weighted by atomic mass is 10.2. The topological polar surface area (TPSA) is 77.2 Å². The van der Waals surface area contributed by atoms with Crippen LogP contribution in [0, 0.1) is 0 Å². The maximum Gasteiger partial charge on any atom is 0.418 e. The number of amides is 1. The Balaban J connectivity index is 2.04. The number of carbonyl (C=O) groups is 1. The first kappa shape index (κ1) is 13.4. The van der Waals surface area contributed by atoms with Crippen LogP contribution in [0.2, 0.25) is 5.02 Å². The molecule has 2 aromatic rings. The maximum atomic E-state index is 11.2. The average Bonchev–Trinajstić information content (AvgIpc) is 2.86. The van der Waals surface area contributed by atoms with Crippen LogP contribution in [-0.4, -0.2) is 29.2 Å². The maximum absolute atomic E-state index is 11.2. The Morgan fingerprint density at radius 3 is 3.00 bits per heavy atom. The molecule has 7 heteroatoms. The first-order chi connectivity index (χ1) is 9.20. The van der Waals surface area contributed by atoms with E-state index in [1.807, 2.05) is 13.0 Å². The van der Waals surface area contributed by atoms with E-state index in [0.29, 0.717) is 23.0 Å². The molecule has 0 unspecified atom stereocenters. The third kappa shape index (κ3) is 3.45. The van der Waals surface area contributed by atoms with E-state index in [4.69, 9.17) is 20.9 Å². The van der Waals surface area contributed by atoms with Crippen molar-refractivity contribution in [2.24, 2.45) is 0 Å². The number of hydrogen-bond acceptors (Lipinski definition) is 5. The minimum atomic E-state index is -0.250. The Morgan fingerprint density at radius 1 is 1.47 bits per heavy atom. The summed E-state index contributed by atoms with van der Waals surface area (Å²) in [5.41, 5.74) is 0.640. The van der Waals surface area contributed by atoms with Gasteiger partial charge in [-0.2, -0.15) is 4.98 Å². The van der Waals surface area contributed by atoms with Gasteiger partial charge in [-0.15, -0.1) is 0 Å². The average molecular weight is 282 g/mol. The molecule has 1 heterocycles. The van der Waals surface area contributed by atoms with Crippen molar-refractivity contribution < 1.29 is 14.1 Å². The number of likely N-dealkylation sites (N-methyl/N-ethyl adjacent to an activating group) is 1. The van der Waals surface area contributed by atoms with Crippen molar-refractivity contribution in [3.05, 3.63) is 29.3 Å². The molecule has 0 bridgehead atoms. The predicted molar refractivity (Wildman–Crippen MR) is 68.9 cm³/mol. The van der Waals surface area contributed by atoms with E-state index in [1.54, 1.807) is 18.2 Å². The summed E-state index contributed by atoms with van der Waals surface area (Å²) in [6.07, 6.45) is -0.0684. The Hall–Kier alpha value is -2.08. The monoisotopic (exact) mass is 281 g/mol. The quantitative estimate of drug-likeness (QED) is 0.906. The first-order valence-electron chi connectivity index (χ1n) is 5.68. The largest absolute Gasteiger partial charge is 0.439 e. The number of rotatable bonds is 5. The van der Waals surface area contributed by atoms with Gasteiger partial charge >= 0.3 is 6.08 Å². The van der Waals surface area contributed by atoms with Crippen LogP contribution in [0.3, 0.4) is 0 Å². The molecule has 0 spiro atoms. The van der Waals surface area contributed by atoms with Crippen LogP contribution < -0.4 is 10.1 Å². The van der Waals surface area contributed by atoms with E-state index in [0.717, 1.165) is 0 Å². The molecule has 1 amide bonds. The van der Waals surface area contributed by atoms with E-state index < -0.39 is 0 Å². The van der Waals surface area contributed by atoms with Crippen molar-refractivity contribution in [3.8, 4) is 17.5 Å². The highest BCUT2D eigenvalue weighted by Gasteiger charge is 2.13. The van der Waals surface area contributed by atoms with Crippen LogP contribution in [0.5, 0.6) is 6.08 Å². The summed E-state index contributed by atoms with van der Waals surface area (Å²) in [6.45, 7) is 2.19. The van der Waals surface area contributed by atoms with Gasteiger partial charge in [0.15, 0.2) is 6.61 Å². The molecule has 0 aliphatic carbocycles. The lowest BCUT2D eigenvalue weighted by Gasteiger charge is -2.00. The van der Waals surface area contributed by atoms with Crippen molar-refractivity contribution in [3.63, 3.8) is 0 Å². The van der Waals surface area contributed by atoms with Crippen LogP contribution in [0.4, 0.5) is 0 Å². The Bertz CT molecular complexity index is 571. The van der Waals surface area contributed by atoms with Crippen LogP contribution in [0.25, 0.3) is 11.4 Å². The zero-order valence-electron chi connectivity index (χ0n) is 10.2. The van der Waals surface area contributed by atoms with Crippen molar-refractivity contribution >= 4 is 17.5 Å². The van der Waals surface area contributed by atoms with E-state index in [1.165, 1.54) is 0 Å². The molecule has 0 atom stereocenters. The van der Waals surface area contributed by atoms with Crippen molar-refractivity contribution in [1.29, 1.82) is 0 Å². The minimum absolute atomic E-state index is 0.0684. The molecule has 100 valence electrons. The van der Waals surface area contributed by atoms with Crippen molar-refractivity contribution in [2.75, 3.05) is 13.2 Å². The van der Waals surface area contributed by atoms with Gasteiger partial charge in [0.05, 0.1) is 5.02 Å². The molecule has 2 rings (SSSR count). The predicted octanol–water partition coefficient (Wildman–Crippen LogP) is 1.90. The minimum Gasteiger partial charge on any atom is -0.439 e. The number of aromatic nitrogens is 2. The highest BCUT2D eigenvalue weighted by Crippen LogP contribution is 2.26. The zero-order valence-corrected chi connectivity index (χ0v) is 11.0. The number of nitrogens with zero attached hydrogens (tertiary/aromatic N) is 2. The van der Waals surface area contributed by atoms with Gasteiger partial charge in [-0.1, -0.05) is 28.9 Å². The first-order valence-corrected chi connectivity index (χ1v) is 6.06. The molecule has 0 aliphatic heterocycles. The van der Waals surface area contributed by atoms with E-state index in [9.17, 15) is 4.79 Å². The highest BCUT2D eigenvalue weighted by molar-refractivity contribution is 6.33. The molecular weight excluding hydrogens is 270 g/mol. The fraction of sp³-hybridized carbons (Fsp3) is 0.250. The molecule has 19 heavy (non-hydrogen) atoms. The van der Waals surface area contributed by atoms with Crippen LogP contribution in [0.1, 0.15) is 6.92 Å². The molecule has 0 saturated carbocycles. The molecule has 0 fully saturated rings. The molecule has 0 radical (unpaired) electrons. The van der Waals surface area contributed by atoms with Gasteiger partial charge in [-0.3, -0.25) is 9.32 Å². The number of benzene rings is 1. The SMILES string of the molecule is CCNC(=O)COc1nc(-c2ccccc2Cl)no1. The molecular formula is C12H12ClN3O3. The van der Waals surface area contributed by atoms with Gasteiger partial charge in [0.25, 0.3) is 5.91 Å². The highest BCUT2D eigenvalue weighted by atomic mass is 35.5. The van der Waals surface area contributed by atoms with Gasteiger partial charge in [0.2, 0.25) is 5.82 Å². The smallest absolute Gasteiger partial charge is 0.418 e. The summed E-state index contributed by atoms with van der Waals surface area (Å²) >= 11 is 6.01. The second kappa shape index (κ2) is 6.19. The van der Waals surface area contributed by atoms with Crippen molar-refractivity contribution in [1.82, 2.24) is 15.5 Å². The lowest BCUT2D eigenvalue weighted by molar-refractivity contribution is -0.123. The number of carbonyl (C=O) groups excluding carboxylic acids is 1. The summed E-state index contributed by atoms with van der Waals surface area (Å²) in [5.74, 6) is 0.0662. The van der Waals surface area contributed by atoms with Gasteiger partial charge in [-0.25, -0.2) is 0 Å². The fourth-order valence-corrected chi connectivity index (χ4v) is 1.62. The summed E-state index contributed by atoms with van der Waals surface area (Å²) < 4.78 is 9.95. The Morgan fingerprint density at radius 2 is 2.26 bits per heavy atom. The molecule has 1 aromatic carbocycles. The van der Waals surface area contributed by atoms with E-state index in [2.05, 4.69) is 15.5 Å². The molecule has 0 aliphatic rings. The van der Waals surface area contributed by atoms with Gasteiger partial charge in [-0.05, 0) is 19.1 Å². The van der Waals surface area contributed by atoms with Gasteiger partial charge in [0.1, 0.15) is 0 Å². The number of hydrogen-bond donors (Lipinski definition) is 1. The van der Waals surface area contributed by atoms with Gasteiger partial charge in [0, 0.05) is 12.1 Å². The summed E-state index contributed by atoms with van der Waals surface area (Å²) in [7, 11) is 0. The summed E-state index contributed by atoms with van der Waals surface area (Å²) in [4.78, 5) is 15.2. The molecule has 0 saturated heterocycles. The third-order valence-electron chi connectivity index (χ3n) is 2.22. The van der Waals surface area contributed by atoms with Gasteiger partial charge < -0.3 is 10.1 Å². The zero-order chi connectivity index (χ0) is 13.7. The number of halogens is 1. The summed E-state index contributed by atoms with van der Waals surface area (Å²) in [6, 6.07) is 7.11. The second-order valence-electron chi connectivity index (χ2n) is 3.61. The Kier molecular flexibility index (Phi) is 4.35. The lowest BCUT2D eigenvalue weighted by Crippen LogP contribution is -2.28. The number of nitrogens with one attached hydrogen (secondary N) is 1. The van der Waals surface area contributed by atoms with E-state index >= 15 is 0 Å². The van der Waals surface area contributed by atoms with Crippen molar-refractivity contribution in [2.45, 2.75) is 6.92 Å². The summed E-state index contributed by atoms with van der Waals surface area (Å²) in [5, 5.41) is 6.84. The molecule has 1 aromatic heterocycles. The van der Waals surface area contributed by atoms with Crippen LogP contribution in [-0.2, 0) is 4.79 Å². The molecule has 6 nitrogen and oxygen atoms in total. The second-order valence-corrected chi connectivity index (χ2v) is 4.01. The molecule has 1 N–H and O–H groups in total. The normalized spacial score (nSPS) is 10.2. The standard InChI is InChI=1S/C12H12ClN3O3/c1-2-14-10(17)7-18-12-15-11(16-19-12)8-5-3-4-6-9(8)13/h3-6H,2,7H2,1H3,(H,14,17). The van der Waals surface area contributed by atoms with Crippen LogP contribution >= 0.6 is 11.6 Å². The van der Waals surface area contributed by atoms with E-state index in [-0.39, 0.29) is 18.6 Å².